The summed E-state index contributed by atoms with van der Waals surface area (Å²) >= 11 is 11.6. The number of carboxylic acids is 1. The van der Waals surface area contributed by atoms with Gasteiger partial charge in [-0.05, 0) is 6.08 Å². The Labute approximate surface area is 169 Å². The lowest BCUT2D eigenvalue weighted by molar-refractivity contribution is -0.139. The fourth-order valence-electron chi connectivity index (χ4n) is 2.38. The largest absolute Gasteiger partial charge is 0.479 e. The molecule has 0 saturated heterocycles. The number of halogens is 5. The first-order valence-corrected chi connectivity index (χ1v) is 8.19. The number of carbonyl (C=O) groups excluding carboxylic acids is 1. The third kappa shape index (κ3) is 4.54. The van der Waals surface area contributed by atoms with Crippen molar-refractivity contribution < 1.29 is 32.6 Å². The van der Waals surface area contributed by atoms with Crippen molar-refractivity contribution >= 4 is 35.1 Å². The number of amides is 1. The molecule has 1 amide bonds. The van der Waals surface area contributed by atoms with Gasteiger partial charge < -0.3 is 15.6 Å². The molecule has 9 nitrogen and oxygen atoms in total. The highest BCUT2D eigenvalue weighted by molar-refractivity contribution is 6.34. The number of carboxylic acid groups (broad SMARTS) is 1. The van der Waals surface area contributed by atoms with Crippen LogP contribution < -0.4 is 16.0 Å². The number of nitrogens with zero attached hydrogens (tertiary/aromatic N) is 3. The summed E-state index contributed by atoms with van der Waals surface area (Å²) in [7, 11) is 1.14. The molecule has 2 rings (SSSR count). The summed E-state index contributed by atoms with van der Waals surface area (Å²) in [6.45, 7) is -3.29. The van der Waals surface area contributed by atoms with Crippen LogP contribution >= 0.6 is 23.2 Å². The van der Waals surface area contributed by atoms with Gasteiger partial charge in [-0.1, -0.05) is 23.2 Å². The molecular weight excluding hydrogens is 444 g/mol. The van der Waals surface area contributed by atoms with Crippen LogP contribution in [0.1, 0.15) is 6.04 Å². The summed E-state index contributed by atoms with van der Waals surface area (Å²) in [5, 5.41) is 11.9. The molecule has 3 N–H and O–H groups in total. The van der Waals surface area contributed by atoms with Crippen molar-refractivity contribution in [2.24, 2.45) is 12.8 Å². The van der Waals surface area contributed by atoms with Gasteiger partial charge in [0.05, 0.1) is 0 Å². The number of aromatic nitrogens is 3. The smallest absolute Gasteiger partial charge is 0.388 e. The van der Waals surface area contributed by atoms with E-state index < -0.39 is 63.2 Å². The van der Waals surface area contributed by atoms with Gasteiger partial charge in [-0.15, -0.1) is 0 Å². The van der Waals surface area contributed by atoms with Crippen LogP contribution in [0.4, 0.5) is 13.2 Å². The van der Waals surface area contributed by atoms with Crippen LogP contribution in [0, 0.1) is 5.82 Å². The second-order valence-electron chi connectivity index (χ2n) is 5.38. The zero-order chi connectivity index (χ0) is 22.0. The first-order chi connectivity index (χ1) is 13.5. The molecule has 29 heavy (non-hydrogen) atoms. The summed E-state index contributed by atoms with van der Waals surface area (Å²) in [5.41, 5.74) is 2.39. The van der Waals surface area contributed by atoms with Crippen LogP contribution in [0.25, 0.3) is 11.4 Å². The Balaban J connectivity index is 2.87. The van der Waals surface area contributed by atoms with Gasteiger partial charge in [-0.3, -0.25) is 14.2 Å². The topological polar surface area (TPSA) is 129 Å². The number of hydrogen-bond acceptors (Lipinski definition) is 5. The minimum absolute atomic E-state index is 0.347. The average molecular weight is 455 g/mol. The molecule has 1 atom stereocenters. The quantitative estimate of drug-likeness (QED) is 0.615. The first-order valence-electron chi connectivity index (χ1n) is 7.44. The number of hydrogen-bond donors (Lipinski definition) is 2. The Morgan fingerprint density at radius 3 is 2.52 bits per heavy atom. The lowest BCUT2D eigenvalue weighted by Crippen LogP contribution is -2.31. The van der Waals surface area contributed by atoms with Crippen molar-refractivity contribution in [2.45, 2.75) is 12.7 Å². The molecule has 0 radical (unpaired) electrons. The van der Waals surface area contributed by atoms with Crippen molar-refractivity contribution in [3.63, 3.8) is 0 Å². The molecule has 0 aliphatic carbocycles. The molecule has 0 aliphatic heterocycles. The molecular formula is C15H11Cl2F3N4O5. The number of primary amides is 1. The van der Waals surface area contributed by atoms with Gasteiger partial charge in [0, 0.05) is 19.2 Å². The van der Waals surface area contributed by atoms with E-state index in [9.17, 15) is 32.7 Å². The number of carbonyl (C=O) groups is 2. The second-order valence-corrected chi connectivity index (χ2v) is 6.16. The van der Waals surface area contributed by atoms with Crippen molar-refractivity contribution in [2.75, 3.05) is 0 Å². The standard InChI is InChI=1S/C15H11Cl2F3N4O5/c1-23-13(29-15(19)20)9(17)10(22-23)11-6(18)4-5(16)12(26)24(11)7(14(27)28)2-3-8(21)25/h2-4,7,15H,1H3,(H2,21,25)(H,27,28). The summed E-state index contributed by atoms with van der Waals surface area (Å²) < 4.78 is 45.2. The number of aliphatic carboxylic acids is 1. The van der Waals surface area contributed by atoms with Crippen molar-refractivity contribution in [3.8, 4) is 17.3 Å². The molecule has 0 bridgehead atoms. The molecule has 156 valence electrons. The predicted molar refractivity (Wildman–Crippen MR) is 94.5 cm³/mol. The molecule has 1 unspecified atom stereocenters. The average Bonchev–Trinajstić information content (AvgIpc) is 2.86. The lowest BCUT2D eigenvalue weighted by Gasteiger charge is -2.17. The molecule has 0 saturated carbocycles. The third-order valence-corrected chi connectivity index (χ3v) is 4.09. The minimum Gasteiger partial charge on any atom is -0.479 e. The van der Waals surface area contributed by atoms with Gasteiger partial charge in [-0.25, -0.2) is 13.9 Å². The zero-order valence-electron chi connectivity index (χ0n) is 14.3. The van der Waals surface area contributed by atoms with E-state index in [4.69, 9.17) is 28.9 Å². The number of nitrogens with two attached hydrogens (primary N) is 1. The van der Waals surface area contributed by atoms with Gasteiger partial charge in [0.25, 0.3) is 5.56 Å². The molecule has 0 aliphatic rings. The van der Waals surface area contributed by atoms with Gasteiger partial charge in [-0.2, -0.15) is 13.9 Å². The Morgan fingerprint density at radius 1 is 1.38 bits per heavy atom. The van der Waals surface area contributed by atoms with E-state index in [1.54, 1.807) is 0 Å². The van der Waals surface area contributed by atoms with Gasteiger partial charge in [0.1, 0.15) is 21.4 Å². The van der Waals surface area contributed by atoms with Gasteiger partial charge in [0.15, 0.2) is 11.9 Å². The molecule has 14 heteroatoms. The summed E-state index contributed by atoms with van der Waals surface area (Å²) in [5.74, 6) is -4.64. The highest BCUT2D eigenvalue weighted by Gasteiger charge is 2.30. The number of rotatable bonds is 7. The maximum atomic E-state index is 14.7. The van der Waals surface area contributed by atoms with E-state index in [0.29, 0.717) is 22.8 Å². The van der Waals surface area contributed by atoms with Crippen LogP contribution in [0.5, 0.6) is 5.88 Å². The highest BCUT2D eigenvalue weighted by Crippen LogP contribution is 2.37. The van der Waals surface area contributed by atoms with Crippen molar-refractivity contribution in [1.29, 1.82) is 0 Å². The maximum absolute atomic E-state index is 14.7. The number of aryl methyl sites for hydroxylation is 1. The number of ether oxygens (including phenoxy) is 1. The molecule has 0 aromatic carbocycles. The predicted octanol–water partition coefficient (Wildman–Crippen LogP) is 1.96. The molecule has 0 fully saturated rings. The monoisotopic (exact) mass is 454 g/mol. The van der Waals surface area contributed by atoms with E-state index in [1.165, 1.54) is 0 Å². The Hall–Kier alpha value is -2.99. The second kappa shape index (κ2) is 8.57. The fourth-order valence-corrected chi connectivity index (χ4v) is 2.86. The Morgan fingerprint density at radius 2 is 2.00 bits per heavy atom. The number of pyridine rings is 1. The van der Waals surface area contributed by atoms with Crippen LogP contribution in [0.15, 0.2) is 23.0 Å². The van der Waals surface area contributed by atoms with E-state index in [2.05, 4.69) is 9.84 Å². The van der Waals surface area contributed by atoms with Crippen LogP contribution in [0.2, 0.25) is 10.0 Å². The minimum atomic E-state index is -3.29. The number of alkyl halides is 2. The van der Waals surface area contributed by atoms with Crippen LogP contribution in [0.3, 0.4) is 0 Å². The first kappa shape index (κ1) is 22.3. The maximum Gasteiger partial charge on any atom is 0.388 e. The summed E-state index contributed by atoms with van der Waals surface area (Å²) in [6, 6.07) is -1.39. The Kier molecular flexibility index (Phi) is 6.59. The van der Waals surface area contributed by atoms with Crippen LogP contribution in [-0.4, -0.2) is 37.9 Å². The Bertz CT molecular complexity index is 1070. The van der Waals surface area contributed by atoms with E-state index in [-0.39, 0.29) is 0 Å². The van der Waals surface area contributed by atoms with Crippen molar-refractivity contribution in [3.05, 3.63) is 44.4 Å². The van der Waals surface area contributed by atoms with Gasteiger partial charge in [0.2, 0.25) is 11.8 Å². The van der Waals surface area contributed by atoms with E-state index >= 15 is 0 Å². The molecule has 2 aromatic heterocycles. The van der Waals surface area contributed by atoms with E-state index in [1.807, 2.05) is 0 Å². The third-order valence-electron chi connectivity index (χ3n) is 3.48. The summed E-state index contributed by atoms with van der Waals surface area (Å²) in [6.07, 6.45) is 1.35. The lowest BCUT2D eigenvalue weighted by atomic mass is 10.1. The van der Waals surface area contributed by atoms with E-state index in [0.717, 1.165) is 11.7 Å². The summed E-state index contributed by atoms with van der Waals surface area (Å²) in [4.78, 5) is 35.1. The SMILES string of the molecule is Cn1nc(-c2c(F)cc(Cl)c(=O)n2C(C=CC(N)=O)C(=O)O)c(Cl)c1OC(F)F. The van der Waals surface area contributed by atoms with Gasteiger partial charge >= 0.3 is 12.6 Å². The normalized spacial score (nSPS) is 12.5. The van der Waals surface area contributed by atoms with Crippen molar-refractivity contribution in [1.82, 2.24) is 14.3 Å². The molecule has 2 heterocycles. The zero-order valence-corrected chi connectivity index (χ0v) is 15.8. The fraction of sp³-hybridized carbons (Fsp3) is 0.200. The van der Waals surface area contributed by atoms with Crippen LogP contribution in [-0.2, 0) is 16.6 Å². The molecule has 0 spiro atoms. The highest BCUT2D eigenvalue weighted by atomic mass is 35.5. The molecule has 2 aromatic rings.